The number of nitrogens with one attached hydrogen (secondary N) is 2. The maximum atomic E-state index is 12.9. The first-order valence-electron chi connectivity index (χ1n) is 9.35. The van der Waals surface area contributed by atoms with E-state index in [-0.39, 0.29) is 5.91 Å². The number of nitrogens with zero attached hydrogens (tertiary/aromatic N) is 2. The Bertz CT molecular complexity index is 1110. The molecule has 4 aromatic rings. The van der Waals surface area contributed by atoms with Crippen molar-refractivity contribution in [1.29, 1.82) is 0 Å². The molecule has 1 fully saturated rings. The molecule has 0 saturated carbocycles. The number of halogens is 1. The van der Waals surface area contributed by atoms with E-state index in [4.69, 9.17) is 11.6 Å². The van der Waals surface area contributed by atoms with Crippen molar-refractivity contribution < 1.29 is 4.79 Å². The molecule has 0 radical (unpaired) electrons. The smallest absolute Gasteiger partial charge is 0.271 e. The highest BCUT2D eigenvalue weighted by Gasteiger charge is 2.29. The van der Waals surface area contributed by atoms with Gasteiger partial charge in [0.1, 0.15) is 5.69 Å². The molecular formula is C22H19ClN4O. The van der Waals surface area contributed by atoms with Crippen molar-refractivity contribution in [3.63, 3.8) is 0 Å². The largest absolute Gasteiger partial charge is 0.358 e. The molecule has 1 atom stereocenters. The molecule has 1 aliphatic rings. The third-order valence-electron chi connectivity index (χ3n) is 5.41. The van der Waals surface area contributed by atoms with Gasteiger partial charge in [-0.3, -0.25) is 9.89 Å². The number of hydrogen-bond donors (Lipinski definition) is 2. The van der Waals surface area contributed by atoms with Gasteiger partial charge in [0.25, 0.3) is 5.91 Å². The van der Waals surface area contributed by atoms with Crippen LogP contribution in [-0.2, 0) is 0 Å². The fraction of sp³-hybridized carbons (Fsp3) is 0.182. The maximum absolute atomic E-state index is 12.9. The van der Waals surface area contributed by atoms with Crippen molar-refractivity contribution in [3.05, 3.63) is 77.1 Å². The fourth-order valence-electron chi connectivity index (χ4n) is 3.88. The van der Waals surface area contributed by atoms with Gasteiger partial charge in [-0.2, -0.15) is 5.10 Å². The number of hydrogen-bond acceptors (Lipinski definition) is 2. The molecule has 1 saturated heterocycles. The number of aromatic nitrogens is 3. The first kappa shape index (κ1) is 17.1. The molecule has 0 bridgehead atoms. The molecule has 5 nitrogen and oxygen atoms in total. The van der Waals surface area contributed by atoms with Crippen LogP contribution in [0, 0.1) is 0 Å². The monoisotopic (exact) mass is 390 g/mol. The van der Waals surface area contributed by atoms with Crippen molar-refractivity contribution in [1.82, 2.24) is 20.1 Å². The molecule has 140 valence electrons. The number of H-pyrrole nitrogens is 2. The zero-order chi connectivity index (χ0) is 19.1. The van der Waals surface area contributed by atoms with Crippen molar-refractivity contribution in [2.24, 2.45) is 0 Å². The van der Waals surface area contributed by atoms with E-state index >= 15 is 0 Å². The number of benzene rings is 2. The van der Waals surface area contributed by atoms with Crippen molar-refractivity contribution >= 4 is 28.4 Å². The fourth-order valence-corrected chi connectivity index (χ4v) is 4.01. The van der Waals surface area contributed by atoms with Crippen LogP contribution in [0.5, 0.6) is 0 Å². The Labute approximate surface area is 167 Å². The van der Waals surface area contributed by atoms with E-state index in [1.165, 1.54) is 11.1 Å². The molecule has 6 heteroatoms. The lowest BCUT2D eigenvalue weighted by Crippen LogP contribution is -2.28. The Kier molecular flexibility index (Phi) is 4.17. The molecule has 0 spiro atoms. The van der Waals surface area contributed by atoms with Crippen LogP contribution < -0.4 is 0 Å². The SMILES string of the molecule is O=C(c1cc(-c2ccc(Cl)cc2)n[nH]1)N1CCC(c2cc3ccccc3[nH]2)C1. The zero-order valence-corrected chi connectivity index (χ0v) is 15.9. The van der Waals surface area contributed by atoms with Crippen molar-refractivity contribution in [2.45, 2.75) is 12.3 Å². The molecule has 2 aromatic heterocycles. The van der Waals surface area contributed by atoms with Crippen molar-refractivity contribution in [2.75, 3.05) is 13.1 Å². The first-order valence-corrected chi connectivity index (χ1v) is 9.73. The van der Waals surface area contributed by atoms with Gasteiger partial charge >= 0.3 is 0 Å². The average molecular weight is 391 g/mol. The van der Waals surface area contributed by atoms with Gasteiger partial charge in [-0.1, -0.05) is 41.9 Å². The van der Waals surface area contributed by atoms with Gasteiger partial charge in [0.15, 0.2) is 0 Å². The summed E-state index contributed by atoms with van der Waals surface area (Å²) in [6.07, 6.45) is 0.955. The van der Waals surface area contributed by atoms with Gasteiger partial charge in [0.2, 0.25) is 0 Å². The molecule has 2 N–H and O–H groups in total. The number of fused-ring (bicyclic) bond motifs is 1. The molecule has 28 heavy (non-hydrogen) atoms. The molecule has 5 rings (SSSR count). The summed E-state index contributed by atoms with van der Waals surface area (Å²) in [4.78, 5) is 18.3. The van der Waals surface area contributed by atoms with E-state index < -0.39 is 0 Å². The summed E-state index contributed by atoms with van der Waals surface area (Å²) < 4.78 is 0. The summed E-state index contributed by atoms with van der Waals surface area (Å²) in [6.45, 7) is 1.45. The minimum Gasteiger partial charge on any atom is -0.358 e. The highest BCUT2D eigenvalue weighted by atomic mass is 35.5. The minimum absolute atomic E-state index is 0.00803. The second kappa shape index (κ2) is 6.84. The Balaban J connectivity index is 1.32. The number of para-hydroxylation sites is 1. The topological polar surface area (TPSA) is 64.8 Å². The molecule has 1 aliphatic heterocycles. The maximum Gasteiger partial charge on any atom is 0.271 e. The Morgan fingerprint density at radius 3 is 2.75 bits per heavy atom. The molecule has 1 unspecified atom stereocenters. The van der Waals surface area contributed by atoms with Crippen molar-refractivity contribution in [3.8, 4) is 11.3 Å². The van der Waals surface area contributed by atoms with Gasteiger partial charge < -0.3 is 9.88 Å². The van der Waals surface area contributed by atoms with E-state index in [1.807, 2.05) is 47.4 Å². The molecule has 2 aromatic carbocycles. The van der Waals surface area contributed by atoms with E-state index in [0.29, 0.717) is 23.2 Å². The van der Waals surface area contributed by atoms with Crippen LogP contribution in [-0.4, -0.2) is 39.1 Å². The lowest BCUT2D eigenvalue weighted by Gasteiger charge is -2.15. The Morgan fingerprint density at radius 2 is 1.93 bits per heavy atom. The highest BCUT2D eigenvalue weighted by Crippen LogP contribution is 2.30. The number of likely N-dealkylation sites (tertiary alicyclic amines) is 1. The summed E-state index contributed by atoms with van der Waals surface area (Å²) in [7, 11) is 0. The van der Waals surface area contributed by atoms with Gasteiger partial charge in [0.05, 0.1) is 5.69 Å². The highest BCUT2D eigenvalue weighted by molar-refractivity contribution is 6.30. The first-order chi connectivity index (χ1) is 13.7. The molecule has 3 heterocycles. The summed E-state index contributed by atoms with van der Waals surface area (Å²) in [5.41, 5.74) is 4.53. The van der Waals surface area contributed by atoms with E-state index in [9.17, 15) is 4.79 Å². The predicted octanol–water partition coefficient (Wildman–Crippen LogP) is 4.84. The Morgan fingerprint density at radius 1 is 1.11 bits per heavy atom. The molecule has 1 amide bonds. The minimum atomic E-state index is -0.00803. The normalized spacial score (nSPS) is 16.8. The van der Waals surface area contributed by atoms with Crippen LogP contribution in [0.25, 0.3) is 22.2 Å². The summed E-state index contributed by atoms with van der Waals surface area (Å²) in [6, 6.07) is 19.7. The number of carbonyl (C=O) groups excluding carboxylic acids is 1. The van der Waals surface area contributed by atoms with Gasteiger partial charge in [-0.25, -0.2) is 0 Å². The van der Waals surface area contributed by atoms with E-state index in [1.54, 1.807) is 0 Å². The van der Waals surface area contributed by atoms with Crippen LogP contribution in [0.3, 0.4) is 0 Å². The summed E-state index contributed by atoms with van der Waals surface area (Å²) >= 11 is 5.94. The number of rotatable bonds is 3. The third kappa shape index (κ3) is 3.08. The second-order valence-corrected chi connectivity index (χ2v) is 7.66. The van der Waals surface area contributed by atoms with E-state index in [2.05, 4.69) is 33.4 Å². The van der Waals surface area contributed by atoms with Crippen LogP contribution in [0.2, 0.25) is 5.02 Å². The summed E-state index contributed by atoms with van der Waals surface area (Å²) in [5.74, 6) is 0.321. The molecular weight excluding hydrogens is 372 g/mol. The number of aromatic amines is 2. The third-order valence-corrected chi connectivity index (χ3v) is 5.67. The lowest BCUT2D eigenvalue weighted by atomic mass is 10.1. The van der Waals surface area contributed by atoms with Crippen LogP contribution in [0.1, 0.15) is 28.5 Å². The lowest BCUT2D eigenvalue weighted by molar-refractivity contribution is 0.0785. The van der Waals surface area contributed by atoms with Gasteiger partial charge in [-0.05, 0) is 42.1 Å². The number of carbonyl (C=O) groups is 1. The standard InChI is InChI=1S/C22H19ClN4O/c23-17-7-5-14(6-8-17)20-12-21(26-25-20)22(28)27-10-9-16(13-27)19-11-15-3-1-2-4-18(15)24-19/h1-8,11-12,16,24H,9-10,13H2,(H,25,26). The molecule has 0 aliphatic carbocycles. The van der Waals surface area contributed by atoms with Gasteiger partial charge in [0, 0.05) is 40.8 Å². The van der Waals surface area contributed by atoms with Crippen LogP contribution >= 0.6 is 11.6 Å². The Hall–Kier alpha value is -3.05. The second-order valence-electron chi connectivity index (χ2n) is 7.22. The number of amides is 1. The predicted molar refractivity (Wildman–Crippen MR) is 111 cm³/mol. The quantitative estimate of drug-likeness (QED) is 0.525. The van der Waals surface area contributed by atoms with Crippen LogP contribution in [0.4, 0.5) is 0 Å². The zero-order valence-electron chi connectivity index (χ0n) is 15.2. The average Bonchev–Trinajstić information content (AvgIpc) is 3.46. The summed E-state index contributed by atoms with van der Waals surface area (Å²) in [5, 5.41) is 9.07. The van der Waals surface area contributed by atoms with E-state index in [0.717, 1.165) is 29.7 Å². The van der Waals surface area contributed by atoms with Crippen LogP contribution in [0.15, 0.2) is 60.7 Å². The van der Waals surface area contributed by atoms with Gasteiger partial charge in [-0.15, -0.1) is 0 Å².